The Balaban J connectivity index is 1.79. The summed E-state index contributed by atoms with van der Waals surface area (Å²) in [4.78, 5) is 12.2. The molecule has 0 saturated carbocycles. The van der Waals surface area contributed by atoms with Crippen LogP contribution in [0.5, 0.6) is 0 Å². The maximum atomic E-state index is 4.55. The minimum absolute atomic E-state index is 0.812. The molecule has 90 valence electrons. The Bertz CT molecular complexity index is 642. The van der Waals surface area contributed by atoms with Gasteiger partial charge in [0.05, 0.1) is 21.8 Å². The van der Waals surface area contributed by atoms with Crippen molar-refractivity contribution in [2.45, 2.75) is 17.7 Å². The second-order valence-corrected chi connectivity index (χ2v) is 5.08. The van der Waals surface area contributed by atoms with Gasteiger partial charge in [0, 0.05) is 6.20 Å². The van der Waals surface area contributed by atoms with Gasteiger partial charge in [-0.2, -0.15) is 0 Å². The van der Waals surface area contributed by atoms with E-state index in [9.17, 15) is 0 Å². The summed E-state index contributed by atoms with van der Waals surface area (Å²) in [5, 5.41) is 1.07. The van der Waals surface area contributed by atoms with Gasteiger partial charge in [0.25, 0.3) is 0 Å². The van der Waals surface area contributed by atoms with Crippen LogP contribution < -0.4 is 0 Å². The number of pyridine rings is 1. The van der Waals surface area contributed by atoms with E-state index in [1.165, 1.54) is 5.56 Å². The third-order valence-electron chi connectivity index (χ3n) is 2.75. The summed E-state index contributed by atoms with van der Waals surface area (Å²) in [5.41, 5.74) is 3.32. The van der Waals surface area contributed by atoms with Gasteiger partial charge in [-0.1, -0.05) is 30.0 Å². The van der Waals surface area contributed by atoms with Crippen LogP contribution in [-0.4, -0.2) is 15.0 Å². The fourth-order valence-electron chi connectivity index (χ4n) is 1.83. The normalized spacial score (nSPS) is 10.9. The number of fused-ring (bicyclic) bond motifs is 1. The number of thioether (sulfide) groups is 1. The smallest absolute Gasteiger partial charge is 0.117 e. The highest BCUT2D eigenvalue weighted by atomic mass is 32.2. The van der Waals surface area contributed by atoms with Gasteiger partial charge in [-0.25, -0.2) is 9.97 Å². The molecule has 3 nitrogen and oxygen atoms in total. The number of H-pyrrole nitrogens is 1. The summed E-state index contributed by atoms with van der Waals surface area (Å²) < 4.78 is 0. The summed E-state index contributed by atoms with van der Waals surface area (Å²) in [6.45, 7) is 2.08. The molecule has 1 N–H and O–H groups in total. The molecule has 2 heterocycles. The van der Waals surface area contributed by atoms with Crippen molar-refractivity contribution in [2.24, 2.45) is 0 Å². The predicted octanol–water partition coefficient (Wildman–Crippen LogP) is 3.56. The van der Waals surface area contributed by atoms with E-state index in [1.807, 2.05) is 36.5 Å². The highest BCUT2D eigenvalue weighted by Gasteiger charge is 2.04. The maximum Gasteiger partial charge on any atom is 0.117 e. The Hall–Kier alpha value is -1.81. The van der Waals surface area contributed by atoms with Crippen molar-refractivity contribution >= 4 is 22.8 Å². The zero-order valence-corrected chi connectivity index (χ0v) is 10.9. The van der Waals surface area contributed by atoms with E-state index in [0.29, 0.717) is 0 Å². The summed E-state index contributed by atoms with van der Waals surface area (Å²) in [5.74, 6) is 1.80. The lowest BCUT2D eigenvalue weighted by Gasteiger charge is -2.01. The minimum atomic E-state index is 0.812. The minimum Gasteiger partial charge on any atom is -0.341 e. The zero-order chi connectivity index (χ0) is 12.4. The van der Waals surface area contributed by atoms with Gasteiger partial charge in [-0.15, -0.1) is 0 Å². The number of hydrogen-bond donors (Lipinski definition) is 1. The number of aromatic nitrogens is 3. The number of aromatic amines is 1. The van der Waals surface area contributed by atoms with E-state index >= 15 is 0 Å². The van der Waals surface area contributed by atoms with Gasteiger partial charge in [0.1, 0.15) is 5.82 Å². The van der Waals surface area contributed by atoms with Crippen LogP contribution in [0.15, 0.2) is 47.6 Å². The molecule has 1 aromatic carbocycles. The highest BCUT2D eigenvalue weighted by molar-refractivity contribution is 7.98. The third-order valence-corrected chi connectivity index (χ3v) is 3.86. The molecule has 0 spiro atoms. The van der Waals surface area contributed by atoms with Crippen molar-refractivity contribution in [1.82, 2.24) is 15.0 Å². The SMILES string of the molecule is Cc1cccnc1SCc1nc2ccccc2[nH]1. The molecule has 0 aliphatic rings. The lowest BCUT2D eigenvalue weighted by Crippen LogP contribution is -1.87. The van der Waals surface area contributed by atoms with Crippen molar-refractivity contribution in [1.29, 1.82) is 0 Å². The molecule has 18 heavy (non-hydrogen) atoms. The molecule has 0 amide bonds. The first kappa shape index (κ1) is 11.3. The fraction of sp³-hybridized carbons (Fsp3) is 0.143. The van der Waals surface area contributed by atoms with E-state index in [1.54, 1.807) is 11.8 Å². The molecule has 0 bridgehead atoms. The summed E-state index contributed by atoms with van der Waals surface area (Å²) in [7, 11) is 0. The molecule has 4 heteroatoms. The second kappa shape index (κ2) is 4.82. The van der Waals surface area contributed by atoms with E-state index in [-0.39, 0.29) is 0 Å². The van der Waals surface area contributed by atoms with E-state index in [0.717, 1.165) is 27.6 Å². The molecule has 2 aromatic heterocycles. The molecule has 0 atom stereocenters. The van der Waals surface area contributed by atoms with Crippen LogP contribution in [0, 0.1) is 6.92 Å². The molecular weight excluding hydrogens is 242 g/mol. The lowest BCUT2D eigenvalue weighted by molar-refractivity contribution is 1.07. The average Bonchev–Trinajstić information content (AvgIpc) is 2.80. The monoisotopic (exact) mass is 255 g/mol. The molecule has 3 rings (SSSR count). The van der Waals surface area contributed by atoms with Crippen molar-refractivity contribution in [3.05, 3.63) is 54.0 Å². The molecule has 0 unspecified atom stereocenters. The van der Waals surface area contributed by atoms with Crippen molar-refractivity contribution in [2.75, 3.05) is 0 Å². The molecular formula is C14H13N3S. The lowest BCUT2D eigenvalue weighted by atomic mass is 10.3. The molecule has 0 fully saturated rings. The molecule has 3 aromatic rings. The number of rotatable bonds is 3. The van der Waals surface area contributed by atoms with Gasteiger partial charge in [0.2, 0.25) is 0 Å². The van der Waals surface area contributed by atoms with Gasteiger partial charge in [-0.3, -0.25) is 0 Å². The molecule has 0 aliphatic heterocycles. The van der Waals surface area contributed by atoms with Crippen LogP contribution in [-0.2, 0) is 5.75 Å². The number of aryl methyl sites for hydroxylation is 1. The van der Waals surface area contributed by atoms with Crippen molar-refractivity contribution in [3.63, 3.8) is 0 Å². The van der Waals surface area contributed by atoms with E-state index in [2.05, 4.69) is 27.9 Å². The standard InChI is InChI=1S/C14H13N3S/c1-10-5-4-8-15-14(10)18-9-13-16-11-6-2-3-7-12(11)17-13/h2-8H,9H2,1H3,(H,16,17). The number of nitrogens with one attached hydrogen (secondary N) is 1. The fourth-order valence-corrected chi connectivity index (χ4v) is 2.67. The third kappa shape index (κ3) is 2.24. The largest absolute Gasteiger partial charge is 0.341 e. The molecule has 0 saturated heterocycles. The number of imidazole rings is 1. The number of nitrogens with zero attached hydrogens (tertiary/aromatic N) is 2. The Morgan fingerprint density at radius 2 is 2.06 bits per heavy atom. The van der Waals surface area contributed by atoms with Crippen LogP contribution in [0.2, 0.25) is 0 Å². The first-order valence-electron chi connectivity index (χ1n) is 5.81. The van der Waals surface area contributed by atoms with Crippen molar-refractivity contribution in [3.8, 4) is 0 Å². The van der Waals surface area contributed by atoms with Crippen LogP contribution in [0.25, 0.3) is 11.0 Å². The summed E-state index contributed by atoms with van der Waals surface area (Å²) in [6, 6.07) is 12.1. The Labute approximate surface area is 110 Å². The Kier molecular flexibility index (Phi) is 3.02. The van der Waals surface area contributed by atoms with E-state index in [4.69, 9.17) is 0 Å². The number of benzene rings is 1. The topological polar surface area (TPSA) is 41.6 Å². The number of para-hydroxylation sites is 2. The summed E-state index contributed by atoms with van der Waals surface area (Å²) in [6.07, 6.45) is 1.83. The van der Waals surface area contributed by atoms with Crippen LogP contribution in [0.4, 0.5) is 0 Å². The highest BCUT2D eigenvalue weighted by Crippen LogP contribution is 2.23. The number of hydrogen-bond acceptors (Lipinski definition) is 3. The Morgan fingerprint density at radius 3 is 2.89 bits per heavy atom. The first-order valence-corrected chi connectivity index (χ1v) is 6.79. The van der Waals surface area contributed by atoms with E-state index < -0.39 is 0 Å². The molecule has 0 radical (unpaired) electrons. The predicted molar refractivity (Wildman–Crippen MR) is 74.6 cm³/mol. The van der Waals surface area contributed by atoms with Crippen LogP contribution in [0.1, 0.15) is 11.4 Å². The quantitative estimate of drug-likeness (QED) is 0.728. The van der Waals surface area contributed by atoms with Crippen LogP contribution >= 0.6 is 11.8 Å². The van der Waals surface area contributed by atoms with Gasteiger partial charge >= 0.3 is 0 Å². The van der Waals surface area contributed by atoms with Crippen molar-refractivity contribution < 1.29 is 0 Å². The van der Waals surface area contributed by atoms with Gasteiger partial charge in [-0.05, 0) is 30.7 Å². The Morgan fingerprint density at radius 1 is 1.17 bits per heavy atom. The first-order chi connectivity index (χ1) is 8.83. The average molecular weight is 255 g/mol. The van der Waals surface area contributed by atoms with Crippen LogP contribution in [0.3, 0.4) is 0 Å². The maximum absolute atomic E-state index is 4.55. The molecule has 0 aliphatic carbocycles. The van der Waals surface area contributed by atoms with Gasteiger partial charge < -0.3 is 4.98 Å². The van der Waals surface area contributed by atoms with Gasteiger partial charge in [0.15, 0.2) is 0 Å². The zero-order valence-electron chi connectivity index (χ0n) is 10.1. The summed E-state index contributed by atoms with van der Waals surface area (Å²) >= 11 is 1.71. The second-order valence-electron chi connectivity index (χ2n) is 4.11.